The van der Waals surface area contributed by atoms with Gasteiger partial charge in [0, 0.05) is 41.6 Å². The van der Waals surface area contributed by atoms with E-state index >= 15 is 0 Å². The van der Waals surface area contributed by atoms with Crippen molar-refractivity contribution in [1.82, 2.24) is 9.88 Å². The Kier molecular flexibility index (Phi) is 2.53. The van der Waals surface area contributed by atoms with Crippen molar-refractivity contribution >= 4 is 10.9 Å². The number of nitrogens with zero attached hydrogens (tertiary/aromatic N) is 1. The molecule has 3 heteroatoms. The Morgan fingerprint density at radius 3 is 2.95 bits per heavy atom. The summed E-state index contributed by atoms with van der Waals surface area (Å²) >= 11 is 0. The van der Waals surface area contributed by atoms with Gasteiger partial charge < -0.3 is 10.1 Å². The molecule has 2 N–H and O–H groups in total. The molecule has 2 fully saturated rings. The van der Waals surface area contributed by atoms with Gasteiger partial charge in [-0.1, -0.05) is 13.8 Å². The van der Waals surface area contributed by atoms with Crippen molar-refractivity contribution in [2.24, 2.45) is 17.8 Å². The van der Waals surface area contributed by atoms with Crippen molar-refractivity contribution < 1.29 is 5.11 Å². The molecule has 3 nitrogen and oxygen atoms in total. The van der Waals surface area contributed by atoms with Gasteiger partial charge in [-0.05, 0) is 54.4 Å². The summed E-state index contributed by atoms with van der Waals surface area (Å²) in [6, 6.07) is 6.50. The molecule has 2 aliphatic heterocycles. The van der Waals surface area contributed by atoms with E-state index in [1.807, 2.05) is 12.1 Å². The lowest BCUT2D eigenvalue weighted by atomic mass is 9.86. The van der Waals surface area contributed by atoms with Crippen molar-refractivity contribution in [3.63, 3.8) is 0 Å². The number of phenolic OH excluding ortho intramolecular Hbond substituents is 1. The van der Waals surface area contributed by atoms with Gasteiger partial charge in [-0.3, -0.25) is 4.90 Å². The Hall–Kier alpha value is -1.48. The molecule has 0 amide bonds. The van der Waals surface area contributed by atoms with Gasteiger partial charge in [-0.15, -0.1) is 0 Å². The zero-order chi connectivity index (χ0) is 15.0. The zero-order valence-electron chi connectivity index (χ0n) is 13.3. The van der Waals surface area contributed by atoms with Crippen LogP contribution in [0.5, 0.6) is 5.75 Å². The van der Waals surface area contributed by atoms with E-state index in [0.717, 1.165) is 30.2 Å². The minimum absolute atomic E-state index is 0.381. The number of hydrogen-bond acceptors (Lipinski definition) is 2. The van der Waals surface area contributed by atoms with Crippen molar-refractivity contribution in [1.29, 1.82) is 0 Å². The van der Waals surface area contributed by atoms with Crippen LogP contribution in [0.1, 0.15) is 37.4 Å². The van der Waals surface area contributed by atoms with E-state index in [1.54, 1.807) is 6.07 Å². The molecule has 1 aromatic heterocycles. The summed E-state index contributed by atoms with van der Waals surface area (Å²) in [6.45, 7) is 7.28. The average molecular weight is 296 g/mol. The van der Waals surface area contributed by atoms with E-state index in [0.29, 0.717) is 11.7 Å². The number of aromatic nitrogens is 1. The SMILES string of the molecule is CC(C)[C@H]1[C@@H]2C[C@H]3c4[nH]c5ccc(O)cc5c4CCN(C2)[C@@H]13. The Morgan fingerprint density at radius 2 is 2.18 bits per heavy atom. The summed E-state index contributed by atoms with van der Waals surface area (Å²) in [5, 5.41) is 11.1. The molecule has 0 spiro atoms. The number of hydrogen-bond donors (Lipinski definition) is 2. The van der Waals surface area contributed by atoms with Crippen molar-refractivity contribution in [3.05, 3.63) is 29.5 Å². The smallest absolute Gasteiger partial charge is 0.116 e. The van der Waals surface area contributed by atoms with Crippen LogP contribution < -0.4 is 0 Å². The second kappa shape index (κ2) is 4.29. The van der Waals surface area contributed by atoms with Gasteiger partial charge in [0.25, 0.3) is 0 Å². The number of H-pyrrole nitrogens is 1. The third-order valence-corrected chi connectivity index (χ3v) is 6.51. The van der Waals surface area contributed by atoms with E-state index in [-0.39, 0.29) is 0 Å². The number of nitrogens with one attached hydrogen (secondary N) is 1. The normalized spacial score (nSPS) is 33.6. The molecule has 5 rings (SSSR count). The third-order valence-electron chi connectivity index (χ3n) is 6.51. The van der Waals surface area contributed by atoms with Crippen LogP contribution >= 0.6 is 0 Å². The van der Waals surface area contributed by atoms with E-state index < -0.39 is 0 Å². The first-order valence-electron chi connectivity index (χ1n) is 8.71. The summed E-state index contributed by atoms with van der Waals surface area (Å²) < 4.78 is 0. The molecular weight excluding hydrogens is 272 g/mol. The van der Waals surface area contributed by atoms with Crippen LogP contribution in [0.2, 0.25) is 0 Å². The Balaban J connectivity index is 1.67. The molecule has 2 aromatic rings. The van der Waals surface area contributed by atoms with Gasteiger partial charge in [0.2, 0.25) is 0 Å². The maximum atomic E-state index is 9.86. The molecule has 1 aromatic carbocycles. The summed E-state index contributed by atoms with van der Waals surface area (Å²) in [5.41, 5.74) is 4.13. The van der Waals surface area contributed by atoms with Crippen LogP contribution in [-0.4, -0.2) is 34.1 Å². The first-order valence-corrected chi connectivity index (χ1v) is 8.71. The molecule has 116 valence electrons. The Bertz CT molecular complexity index is 747. The van der Waals surface area contributed by atoms with Crippen molar-refractivity contribution in [2.75, 3.05) is 13.1 Å². The number of rotatable bonds is 1. The predicted molar refractivity (Wildman–Crippen MR) is 88.2 cm³/mol. The topological polar surface area (TPSA) is 39.3 Å². The van der Waals surface area contributed by atoms with Gasteiger partial charge in [-0.25, -0.2) is 0 Å². The van der Waals surface area contributed by atoms with Crippen LogP contribution in [0.15, 0.2) is 18.2 Å². The highest BCUT2D eigenvalue weighted by atomic mass is 16.3. The number of fused-ring (bicyclic) bond motifs is 5. The van der Waals surface area contributed by atoms with E-state index in [4.69, 9.17) is 0 Å². The fourth-order valence-corrected chi connectivity index (χ4v) is 5.85. The fraction of sp³-hybridized carbons (Fsp3) is 0.579. The lowest BCUT2D eigenvalue weighted by Crippen LogP contribution is -2.38. The van der Waals surface area contributed by atoms with Crippen LogP contribution in [0.3, 0.4) is 0 Å². The van der Waals surface area contributed by atoms with Gasteiger partial charge in [0.15, 0.2) is 0 Å². The Morgan fingerprint density at radius 1 is 1.32 bits per heavy atom. The molecule has 0 radical (unpaired) electrons. The second-order valence-corrected chi connectivity index (χ2v) is 7.91. The lowest BCUT2D eigenvalue weighted by molar-refractivity contribution is 0.185. The molecule has 3 aliphatic rings. The third kappa shape index (κ3) is 1.55. The molecule has 3 heterocycles. The summed E-state index contributed by atoms with van der Waals surface area (Å²) in [5.74, 6) is 3.56. The molecule has 1 saturated carbocycles. The Labute approximate surface area is 131 Å². The van der Waals surface area contributed by atoms with Crippen molar-refractivity contribution in [2.45, 2.75) is 38.6 Å². The number of aromatic amines is 1. The van der Waals surface area contributed by atoms with Gasteiger partial charge in [0.1, 0.15) is 5.75 Å². The van der Waals surface area contributed by atoms with Crippen LogP contribution in [0.4, 0.5) is 0 Å². The number of piperidine rings is 1. The summed E-state index contributed by atoms with van der Waals surface area (Å²) in [4.78, 5) is 6.47. The number of aromatic hydroxyl groups is 1. The maximum Gasteiger partial charge on any atom is 0.116 e. The molecule has 22 heavy (non-hydrogen) atoms. The van der Waals surface area contributed by atoms with E-state index in [9.17, 15) is 5.11 Å². The molecule has 1 saturated heterocycles. The van der Waals surface area contributed by atoms with Crippen LogP contribution in [-0.2, 0) is 6.42 Å². The lowest BCUT2D eigenvalue weighted by Gasteiger charge is -2.31. The molecule has 4 atom stereocenters. The molecular formula is C19H24N2O. The van der Waals surface area contributed by atoms with Gasteiger partial charge in [-0.2, -0.15) is 0 Å². The van der Waals surface area contributed by atoms with E-state index in [1.165, 1.54) is 41.7 Å². The molecule has 2 bridgehead atoms. The largest absolute Gasteiger partial charge is 0.508 e. The minimum atomic E-state index is 0.381. The standard InChI is InChI=1S/C19H24N2O/c1-10(2)17-11-7-15-18-13(5-6-21(9-11)19(15)17)14-8-12(22)3-4-16(14)20-18/h3-4,8,10-11,15,17,19-20,22H,5-7,9H2,1-2H3/t11-,15+,17+,19-/m1/s1. The van der Waals surface area contributed by atoms with E-state index in [2.05, 4.69) is 23.7 Å². The monoisotopic (exact) mass is 296 g/mol. The first-order chi connectivity index (χ1) is 10.6. The highest BCUT2D eigenvalue weighted by molar-refractivity contribution is 5.86. The van der Waals surface area contributed by atoms with Crippen molar-refractivity contribution in [3.8, 4) is 5.75 Å². The first kappa shape index (κ1) is 13.0. The molecule has 1 aliphatic carbocycles. The second-order valence-electron chi connectivity index (χ2n) is 7.91. The van der Waals surface area contributed by atoms with Gasteiger partial charge in [0.05, 0.1) is 0 Å². The van der Waals surface area contributed by atoms with Crippen LogP contribution in [0.25, 0.3) is 10.9 Å². The fourth-order valence-electron chi connectivity index (χ4n) is 5.85. The predicted octanol–water partition coefficient (Wildman–Crippen LogP) is 3.49. The number of phenols is 1. The average Bonchev–Trinajstić information content (AvgIpc) is 3.11. The van der Waals surface area contributed by atoms with Gasteiger partial charge >= 0.3 is 0 Å². The minimum Gasteiger partial charge on any atom is -0.508 e. The molecule has 0 unspecified atom stereocenters. The zero-order valence-corrected chi connectivity index (χ0v) is 13.3. The summed E-state index contributed by atoms with van der Waals surface area (Å²) in [7, 11) is 0. The number of benzene rings is 1. The highest BCUT2D eigenvalue weighted by Gasteiger charge is 2.55. The van der Waals surface area contributed by atoms with Crippen LogP contribution in [0, 0.1) is 17.8 Å². The summed E-state index contributed by atoms with van der Waals surface area (Å²) in [6.07, 6.45) is 2.46. The maximum absolute atomic E-state index is 9.86. The quantitative estimate of drug-likeness (QED) is 0.845. The highest BCUT2D eigenvalue weighted by Crippen LogP contribution is 2.55.